The average Bonchev–Trinajstić information content (AvgIpc) is 3.01. The predicted octanol–water partition coefficient (Wildman–Crippen LogP) is 4.73. The zero-order chi connectivity index (χ0) is 17.8. The summed E-state index contributed by atoms with van der Waals surface area (Å²) in [6.45, 7) is 1.70. The van der Waals surface area contributed by atoms with Gasteiger partial charge in [-0.3, -0.25) is 4.79 Å². The van der Waals surface area contributed by atoms with Gasteiger partial charge < -0.3 is 9.84 Å². The summed E-state index contributed by atoms with van der Waals surface area (Å²) < 4.78 is 32.4. The Bertz CT molecular complexity index is 884. The standard InChI is InChI=1S/C18H14F2N2O2S/c1-11-9-16(22-24-11)21-18(23)17(12-5-3-2-4-6-12)25-15-10-13(19)7-8-14(15)20/h2-10,17H,1H3,(H,21,22,23). The smallest absolute Gasteiger partial charge is 0.243 e. The number of carbonyl (C=O) groups is 1. The number of nitrogens with one attached hydrogen (secondary N) is 1. The fourth-order valence-corrected chi connectivity index (χ4v) is 3.29. The molecule has 0 bridgehead atoms. The van der Waals surface area contributed by atoms with Crippen molar-refractivity contribution in [1.29, 1.82) is 0 Å². The summed E-state index contributed by atoms with van der Waals surface area (Å²) in [7, 11) is 0. The molecular formula is C18H14F2N2O2S. The molecule has 1 heterocycles. The third-order valence-electron chi connectivity index (χ3n) is 3.36. The van der Waals surface area contributed by atoms with E-state index in [-0.39, 0.29) is 10.7 Å². The molecule has 1 N–H and O–H groups in total. The Balaban J connectivity index is 1.89. The molecule has 25 heavy (non-hydrogen) atoms. The predicted molar refractivity (Wildman–Crippen MR) is 91.3 cm³/mol. The fraction of sp³-hybridized carbons (Fsp3) is 0.111. The number of amides is 1. The molecule has 128 valence electrons. The Morgan fingerprint density at radius 2 is 1.92 bits per heavy atom. The summed E-state index contributed by atoms with van der Waals surface area (Å²) >= 11 is 0.931. The number of hydrogen-bond donors (Lipinski definition) is 1. The molecule has 0 spiro atoms. The highest BCUT2D eigenvalue weighted by molar-refractivity contribution is 8.00. The Morgan fingerprint density at radius 1 is 1.16 bits per heavy atom. The molecule has 0 fully saturated rings. The van der Waals surface area contributed by atoms with E-state index >= 15 is 0 Å². The Hall–Kier alpha value is -2.67. The second kappa shape index (κ2) is 7.48. The summed E-state index contributed by atoms with van der Waals surface area (Å²) in [5.41, 5.74) is 0.661. The monoisotopic (exact) mass is 360 g/mol. The van der Waals surface area contributed by atoms with Crippen molar-refractivity contribution in [3.05, 3.63) is 77.6 Å². The van der Waals surface area contributed by atoms with Crippen molar-refractivity contribution in [3.8, 4) is 0 Å². The first-order valence-corrected chi connectivity index (χ1v) is 8.32. The summed E-state index contributed by atoms with van der Waals surface area (Å²) in [4.78, 5) is 12.7. The van der Waals surface area contributed by atoms with Crippen LogP contribution in [0.25, 0.3) is 0 Å². The number of anilines is 1. The molecule has 7 heteroatoms. The van der Waals surface area contributed by atoms with Crippen LogP contribution in [0.4, 0.5) is 14.6 Å². The Kier molecular flexibility index (Phi) is 5.14. The van der Waals surface area contributed by atoms with E-state index in [0.717, 1.165) is 30.0 Å². The second-order valence-corrected chi connectivity index (χ2v) is 6.44. The van der Waals surface area contributed by atoms with Crippen molar-refractivity contribution in [3.63, 3.8) is 0 Å². The lowest BCUT2D eigenvalue weighted by atomic mass is 10.1. The number of halogens is 2. The van der Waals surface area contributed by atoms with Crippen LogP contribution in [-0.2, 0) is 4.79 Å². The van der Waals surface area contributed by atoms with Crippen molar-refractivity contribution in [1.82, 2.24) is 5.16 Å². The van der Waals surface area contributed by atoms with Crippen LogP contribution in [0.15, 0.2) is 64.0 Å². The van der Waals surface area contributed by atoms with Gasteiger partial charge in [0, 0.05) is 11.0 Å². The van der Waals surface area contributed by atoms with Gasteiger partial charge in [0.2, 0.25) is 5.91 Å². The first-order valence-electron chi connectivity index (χ1n) is 7.44. The van der Waals surface area contributed by atoms with Crippen molar-refractivity contribution < 1.29 is 18.1 Å². The molecule has 1 unspecified atom stereocenters. The Morgan fingerprint density at radius 3 is 2.60 bits per heavy atom. The minimum Gasteiger partial charge on any atom is -0.360 e. The van der Waals surface area contributed by atoms with Gasteiger partial charge in [-0.25, -0.2) is 8.78 Å². The van der Waals surface area contributed by atoms with E-state index in [2.05, 4.69) is 10.5 Å². The molecule has 3 aromatic rings. The van der Waals surface area contributed by atoms with Crippen molar-refractivity contribution in [2.45, 2.75) is 17.1 Å². The average molecular weight is 360 g/mol. The van der Waals surface area contributed by atoms with Gasteiger partial charge in [0.15, 0.2) is 5.82 Å². The van der Waals surface area contributed by atoms with Crippen LogP contribution in [0.2, 0.25) is 0 Å². The molecule has 2 aromatic carbocycles. The van der Waals surface area contributed by atoms with Crippen LogP contribution in [0.1, 0.15) is 16.6 Å². The molecule has 0 aliphatic rings. The van der Waals surface area contributed by atoms with Crippen LogP contribution in [0.5, 0.6) is 0 Å². The highest BCUT2D eigenvalue weighted by atomic mass is 32.2. The molecule has 0 aliphatic carbocycles. The number of aromatic nitrogens is 1. The number of aryl methyl sites for hydroxylation is 1. The lowest BCUT2D eigenvalue weighted by Crippen LogP contribution is -2.19. The van der Waals surface area contributed by atoms with Crippen molar-refractivity contribution in [2.75, 3.05) is 5.32 Å². The van der Waals surface area contributed by atoms with Crippen LogP contribution >= 0.6 is 11.8 Å². The summed E-state index contributed by atoms with van der Waals surface area (Å²) in [5, 5.41) is 5.57. The van der Waals surface area contributed by atoms with Gasteiger partial charge >= 0.3 is 0 Å². The quantitative estimate of drug-likeness (QED) is 0.668. The van der Waals surface area contributed by atoms with E-state index in [1.54, 1.807) is 37.3 Å². The lowest BCUT2D eigenvalue weighted by Gasteiger charge is -2.16. The van der Waals surface area contributed by atoms with E-state index in [0.29, 0.717) is 11.3 Å². The summed E-state index contributed by atoms with van der Waals surface area (Å²) in [6, 6.07) is 13.6. The molecule has 3 rings (SSSR count). The van der Waals surface area contributed by atoms with Crippen LogP contribution in [-0.4, -0.2) is 11.1 Å². The molecule has 1 amide bonds. The maximum atomic E-state index is 14.0. The van der Waals surface area contributed by atoms with Gasteiger partial charge in [-0.2, -0.15) is 0 Å². The zero-order valence-electron chi connectivity index (χ0n) is 13.2. The minimum absolute atomic E-state index is 0.0559. The van der Waals surface area contributed by atoms with Gasteiger partial charge in [-0.15, -0.1) is 11.8 Å². The van der Waals surface area contributed by atoms with Gasteiger partial charge in [0.1, 0.15) is 22.6 Å². The maximum absolute atomic E-state index is 14.0. The first kappa shape index (κ1) is 17.2. The van der Waals surface area contributed by atoms with E-state index in [1.807, 2.05) is 6.07 Å². The third-order valence-corrected chi connectivity index (χ3v) is 4.65. The number of thioether (sulfide) groups is 1. The molecular weight excluding hydrogens is 346 g/mol. The summed E-state index contributed by atoms with van der Waals surface area (Å²) in [5.74, 6) is -0.743. The van der Waals surface area contributed by atoms with Crippen LogP contribution < -0.4 is 5.32 Å². The van der Waals surface area contributed by atoms with E-state index in [1.165, 1.54) is 0 Å². The molecule has 0 saturated heterocycles. The SMILES string of the molecule is Cc1cc(NC(=O)C(Sc2cc(F)ccc2F)c2ccccc2)no1. The molecule has 1 aromatic heterocycles. The number of nitrogens with zero attached hydrogens (tertiary/aromatic N) is 1. The van der Waals surface area contributed by atoms with Crippen molar-refractivity contribution in [2.24, 2.45) is 0 Å². The van der Waals surface area contributed by atoms with Crippen LogP contribution in [0.3, 0.4) is 0 Å². The number of rotatable bonds is 5. The van der Waals surface area contributed by atoms with Gasteiger partial charge in [0.25, 0.3) is 0 Å². The summed E-state index contributed by atoms with van der Waals surface area (Å²) in [6.07, 6.45) is 0. The van der Waals surface area contributed by atoms with E-state index in [9.17, 15) is 13.6 Å². The number of hydrogen-bond acceptors (Lipinski definition) is 4. The topological polar surface area (TPSA) is 55.1 Å². The van der Waals surface area contributed by atoms with E-state index in [4.69, 9.17) is 4.52 Å². The van der Waals surface area contributed by atoms with Crippen LogP contribution in [0, 0.1) is 18.6 Å². The van der Waals surface area contributed by atoms with Gasteiger partial charge in [-0.05, 0) is 30.7 Å². The zero-order valence-corrected chi connectivity index (χ0v) is 14.0. The third kappa shape index (κ3) is 4.24. The first-order chi connectivity index (χ1) is 12.0. The van der Waals surface area contributed by atoms with Gasteiger partial charge in [-0.1, -0.05) is 35.5 Å². The fourth-order valence-electron chi connectivity index (χ4n) is 2.21. The normalized spacial score (nSPS) is 12.0. The number of carbonyl (C=O) groups excluding carboxylic acids is 1. The Labute approximate surface area is 147 Å². The minimum atomic E-state index is -0.783. The molecule has 1 atom stereocenters. The second-order valence-electron chi connectivity index (χ2n) is 5.30. The molecule has 0 aliphatic heterocycles. The maximum Gasteiger partial charge on any atom is 0.243 e. The highest BCUT2D eigenvalue weighted by Gasteiger charge is 2.24. The lowest BCUT2D eigenvalue weighted by molar-refractivity contribution is -0.115. The molecule has 0 radical (unpaired) electrons. The largest absolute Gasteiger partial charge is 0.360 e. The van der Waals surface area contributed by atoms with E-state index < -0.39 is 22.8 Å². The number of benzene rings is 2. The van der Waals surface area contributed by atoms with Gasteiger partial charge in [0.05, 0.1) is 0 Å². The molecule has 4 nitrogen and oxygen atoms in total. The van der Waals surface area contributed by atoms with Crippen molar-refractivity contribution >= 4 is 23.5 Å². The molecule has 0 saturated carbocycles. The highest BCUT2D eigenvalue weighted by Crippen LogP contribution is 2.37.